The molecule has 0 aliphatic heterocycles. The zero-order valence-electron chi connectivity index (χ0n) is 11.3. The van der Waals surface area contributed by atoms with Crippen molar-refractivity contribution < 1.29 is 14.7 Å². The molecule has 98 valence electrons. The molecule has 5 heteroatoms. The Balaban J connectivity index is -0.000000162. The van der Waals surface area contributed by atoms with Crippen LogP contribution in [0.3, 0.4) is 0 Å². The molecule has 0 fully saturated rings. The Kier molecular flexibility index (Phi) is 20.8. The normalized spacial score (nSPS) is 8.00. The third-order valence-electron chi connectivity index (χ3n) is 0.851. The largest absolute Gasteiger partial charge is 0.394 e. The second-order valence-corrected chi connectivity index (χ2v) is 3.27. The van der Waals surface area contributed by atoms with Crippen LogP contribution in [0.4, 0.5) is 0 Å². The van der Waals surface area contributed by atoms with E-state index < -0.39 is 0 Å². The summed E-state index contributed by atoms with van der Waals surface area (Å²) in [6.45, 7) is 11.7. The molecule has 0 aliphatic carbocycles. The third-order valence-corrected chi connectivity index (χ3v) is 0.851. The number of aliphatic hydroxyl groups excluding tert-OH is 1. The van der Waals surface area contributed by atoms with Crippen LogP contribution in [0.15, 0.2) is 0 Å². The summed E-state index contributed by atoms with van der Waals surface area (Å²) >= 11 is 0. The lowest BCUT2D eigenvalue weighted by atomic mass is 10.5. The Labute approximate surface area is 98.6 Å². The number of carbonyl (C=O) groups is 2. The highest BCUT2D eigenvalue weighted by Crippen LogP contribution is 1.65. The van der Waals surface area contributed by atoms with Crippen LogP contribution in [-0.4, -0.2) is 36.1 Å². The van der Waals surface area contributed by atoms with Gasteiger partial charge in [-0.25, -0.2) is 0 Å². The van der Waals surface area contributed by atoms with Crippen LogP contribution < -0.4 is 10.6 Å². The van der Waals surface area contributed by atoms with Crippen molar-refractivity contribution in [1.29, 1.82) is 0 Å². The maximum atomic E-state index is 9.93. The van der Waals surface area contributed by atoms with Crippen LogP contribution in [0.2, 0.25) is 0 Å². The van der Waals surface area contributed by atoms with E-state index in [0.717, 1.165) is 13.1 Å². The van der Waals surface area contributed by atoms with Gasteiger partial charge in [0.2, 0.25) is 11.8 Å². The topological polar surface area (TPSA) is 78.4 Å². The van der Waals surface area contributed by atoms with Crippen molar-refractivity contribution in [2.75, 3.05) is 13.1 Å². The lowest BCUT2D eigenvalue weighted by Crippen LogP contribution is -2.18. The van der Waals surface area contributed by atoms with Gasteiger partial charge in [0.15, 0.2) is 0 Å². The molecule has 0 aromatic heterocycles. The molecule has 0 spiro atoms. The molecule has 3 N–H and O–H groups in total. The predicted octanol–water partition coefficient (Wildman–Crippen LogP) is 0.672. The molecule has 0 aromatic rings. The maximum absolute atomic E-state index is 9.93. The molecule has 0 unspecified atom stereocenters. The summed E-state index contributed by atoms with van der Waals surface area (Å²) in [4.78, 5) is 19.9. The summed E-state index contributed by atoms with van der Waals surface area (Å²) in [5, 5.41) is 13.2. The zero-order valence-corrected chi connectivity index (χ0v) is 11.3. The van der Waals surface area contributed by atoms with Gasteiger partial charge in [-0.2, -0.15) is 0 Å². The van der Waals surface area contributed by atoms with Crippen molar-refractivity contribution in [3.63, 3.8) is 0 Å². The molecule has 0 bridgehead atoms. The lowest BCUT2D eigenvalue weighted by molar-refractivity contribution is -0.119. The summed E-state index contributed by atoms with van der Waals surface area (Å²) in [5.74, 6) is 0.0787. The summed E-state index contributed by atoms with van der Waals surface area (Å²) in [6, 6.07) is 0. The van der Waals surface area contributed by atoms with Gasteiger partial charge in [-0.3, -0.25) is 9.59 Å². The first kappa shape index (κ1) is 20.3. The number of hydrogen-bond acceptors (Lipinski definition) is 3. The number of carbonyl (C=O) groups excluding carboxylic acids is 2. The van der Waals surface area contributed by atoms with Gasteiger partial charge < -0.3 is 15.7 Å². The summed E-state index contributed by atoms with van der Waals surface area (Å²) < 4.78 is 0. The van der Waals surface area contributed by atoms with E-state index in [9.17, 15) is 9.59 Å². The van der Waals surface area contributed by atoms with E-state index in [-0.39, 0.29) is 17.9 Å². The third kappa shape index (κ3) is 76.1. The SMILES string of the molecule is CC(C)O.CCNC(C)=O.CCNC(C)=O. The minimum Gasteiger partial charge on any atom is -0.394 e. The molecule has 0 radical (unpaired) electrons. The van der Waals surface area contributed by atoms with Crippen molar-refractivity contribution in [1.82, 2.24) is 10.6 Å². The molecule has 0 aliphatic rings. The average Bonchev–Trinajstić information content (AvgIpc) is 2.02. The van der Waals surface area contributed by atoms with Gasteiger partial charge >= 0.3 is 0 Å². The average molecular weight is 234 g/mol. The van der Waals surface area contributed by atoms with E-state index in [4.69, 9.17) is 5.11 Å². The fourth-order valence-electron chi connectivity index (χ4n) is 0.498. The summed E-state index contributed by atoms with van der Waals surface area (Å²) in [7, 11) is 0. The van der Waals surface area contributed by atoms with E-state index >= 15 is 0 Å². The molecule has 0 saturated carbocycles. The highest BCUT2D eigenvalue weighted by molar-refractivity contribution is 5.72. The monoisotopic (exact) mass is 234 g/mol. The lowest BCUT2D eigenvalue weighted by Gasteiger charge is -1.88. The van der Waals surface area contributed by atoms with Gasteiger partial charge in [-0.05, 0) is 27.7 Å². The van der Waals surface area contributed by atoms with Crippen LogP contribution in [0, 0.1) is 0 Å². The van der Waals surface area contributed by atoms with Crippen molar-refractivity contribution in [3.05, 3.63) is 0 Å². The van der Waals surface area contributed by atoms with E-state index in [0.29, 0.717) is 0 Å². The predicted molar refractivity (Wildman–Crippen MR) is 66.1 cm³/mol. The number of nitrogens with one attached hydrogen (secondary N) is 2. The van der Waals surface area contributed by atoms with Gasteiger partial charge in [0.05, 0.1) is 0 Å². The Morgan fingerprint density at radius 3 is 1.19 bits per heavy atom. The minimum absolute atomic E-state index is 0.0394. The molecule has 0 heterocycles. The first-order valence-electron chi connectivity index (χ1n) is 5.44. The van der Waals surface area contributed by atoms with Crippen molar-refractivity contribution in [2.45, 2.75) is 47.6 Å². The highest BCUT2D eigenvalue weighted by atomic mass is 16.3. The molecule has 16 heavy (non-hydrogen) atoms. The number of rotatable bonds is 2. The van der Waals surface area contributed by atoms with Crippen LogP contribution in [0.5, 0.6) is 0 Å². The summed E-state index contributed by atoms with van der Waals surface area (Å²) in [5.41, 5.74) is 0. The molecule has 0 rings (SSSR count). The molecule has 0 atom stereocenters. The Morgan fingerprint density at radius 1 is 1.00 bits per heavy atom. The van der Waals surface area contributed by atoms with E-state index in [1.165, 1.54) is 13.8 Å². The summed E-state index contributed by atoms with van der Waals surface area (Å²) in [6.07, 6.45) is -0.167. The fourth-order valence-corrected chi connectivity index (χ4v) is 0.498. The first-order valence-corrected chi connectivity index (χ1v) is 5.44. The van der Waals surface area contributed by atoms with Crippen LogP contribution in [-0.2, 0) is 9.59 Å². The highest BCUT2D eigenvalue weighted by Gasteiger charge is 1.79. The first-order chi connectivity index (χ1) is 7.27. The number of hydrogen-bond donors (Lipinski definition) is 3. The van der Waals surface area contributed by atoms with Gasteiger partial charge in [-0.15, -0.1) is 0 Å². The molecular weight excluding hydrogens is 208 g/mol. The van der Waals surface area contributed by atoms with Gasteiger partial charge in [0.1, 0.15) is 0 Å². The van der Waals surface area contributed by atoms with Gasteiger partial charge in [0, 0.05) is 33.0 Å². The fraction of sp³-hybridized carbons (Fsp3) is 0.818. The number of amides is 2. The minimum atomic E-state index is -0.167. The standard InChI is InChI=1S/2C4H9NO.C3H8O/c2*1-3-5-4(2)6;1-3(2)4/h2*3H2,1-2H3,(H,5,6);3-4H,1-2H3. The van der Waals surface area contributed by atoms with E-state index in [2.05, 4.69) is 10.6 Å². The van der Waals surface area contributed by atoms with Crippen molar-refractivity contribution in [2.24, 2.45) is 0 Å². The molecule has 2 amide bonds. The van der Waals surface area contributed by atoms with Crippen molar-refractivity contribution >= 4 is 11.8 Å². The maximum Gasteiger partial charge on any atom is 0.216 e. The van der Waals surface area contributed by atoms with Crippen molar-refractivity contribution in [3.8, 4) is 0 Å². The second kappa shape index (κ2) is 16.3. The van der Waals surface area contributed by atoms with Gasteiger partial charge in [0.25, 0.3) is 0 Å². The Bertz CT molecular complexity index is 152. The Morgan fingerprint density at radius 2 is 1.19 bits per heavy atom. The van der Waals surface area contributed by atoms with E-state index in [1.807, 2.05) is 13.8 Å². The zero-order chi connectivity index (χ0) is 13.6. The smallest absolute Gasteiger partial charge is 0.216 e. The van der Waals surface area contributed by atoms with Crippen LogP contribution >= 0.6 is 0 Å². The second-order valence-electron chi connectivity index (χ2n) is 3.27. The van der Waals surface area contributed by atoms with E-state index in [1.54, 1.807) is 13.8 Å². The number of aliphatic hydroxyl groups is 1. The molecule has 0 saturated heterocycles. The molecule has 5 nitrogen and oxygen atoms in total. The van der Waals surface area contributed by atoms with Gasteiger partial charge in [-0.1, -0.05) is 0 Å². The molecular formula is C11H26N2O3. The molecule has 0 aromatic carbocycles. The quantitative estimate of drug-likeness (QED) is 0.657. The van der Waals surface area contributed by atoms with Crippen LogP contribution in [0.25, 0.3) is 0 Å². The Hall–Kier alpha value is -1.10. The van der Waals surface area contributed by atoms with Crippen LogP contribution in [0.1, 0.15) is 41.5 Å².